The summed E-state index contributed by atoms with van der Waals surface area (Å²) in [7, 11) is 0. The number of pyridine rings is 1. The number of phenols is 1. The minimum Gasteiger partial charge on any atom is -0.508 e. The van der Waals surface area contributed by atoms with Crippen molar-refractivity contribution < 1.29 is 9.90 Å². The van der Waals surface area contributed by atoms with Crippen LogP contribution in [-0.2, 0) is 4.79 Å². The molecule has 0 fully saturated rings. The van der Waals surface area contributed by atoms with Crippen molar-refractivity contribution in [2.24, 2.45) is 16.5 Å². The number of carbonyl (C=O) groups excluding carboxylic acids is 1. The average molecular weight is 423 g/mol. The first-order valence-corrected chi connectivity index (χ1v) is 10.3. The number of phenolic OH excluding ortho intramolecular Hbond substituents is 1. The Morgan fingerprint density at radius 3 is 2.10 bits per heavy atom. The van der Waals surface area contributed by atoms with Crippen molar-refractivity contribution in [3.8, 4) is 5.75 Å². The van der Waals surface area contributed by atoms with E-state index in [1.807, 2.05) is 32.9 Å². The number of primary amides is 1. The molecule has 31 heavy (non-hydrogen) atoms. The number of nitrogens with zero attached hydrogens (tertiary/aromatic N) is 2. The summed E-state index contributed by atoms with van der Waals surface area (Å²) >= 11 is 0. The third-order valence-corrected chi connectivity index (χ3v) is 4.64. The van der Waals surface area contributed by atoms with Gasteiger partial charge in [-0.15, -0.1) is 0 Å². The van der Waals surface area contributed by atoms with Crippen molar-refractivity contribution >= 4 is 17.2 Å². The highest BCUT2D eigenvalue weighted by atomic mass is 16.3. The molecule has 5 N–H and O–H groups in total. The molecule has 1 heterocycles. The van der Waals surface area contributed by atoms with E-state index in [4.69, 9.17) is 11.5 Å². The number of aliphatic imine (C=N–C) groups is 1. The number of unbranched alkanes of at least 4 members (excludes halogenated alkanes) is 1. The third kappa shape index (κ3) is 7.41. The largest absolute Gasteiger partial charge is 0.508 e. The molecule has 0 bridgehead atoms. The Morgan fingerprint density at radius 1 is 1.06 bits per heavy atom. The van der Waals surface area contributed by atoms with Crippen molar-refractivity contribution in [3.05, 3.63) is 76.4 Å². The zero-order valence-electron chi connectivity index (χ0n) is 19.4. The molecule has 1 aromatic carbocycles. The van der Waals surface area contributed by atoms with E-state index in [1.165, 1.54) is 18.9 Å². The highest BCUT2D eigenvalue weighted by molar-refractivity contribution is 6.05. The van der Waals surface area contributed by atoms with Gasteiger partial charge < -0.3 is 16.6 Å². The Bertz CT molecular complexity index is 998. The first-order chi connectivity index (χ1) is 14.5. The van der Waals surface area contributed by atoms with Gasteiger partial charge in [-0.2, -0.15) is 0 Å². The molecular formula is C25H34N4O2. The molecule has 0 spiro atoms. The van der Waals surface area contributed by atoms with Gasteiger partial charge in [-0.1, -0.05) is 39.3 Å². The van der Waals surface area contributed by atoms with Crippen molar-refractivity contribution in [2.75, 3.05) is 0 Å². The number of amides is 1. The predicted molar refractivity (Wildman–Crippen MR) is 129 cm³/mol. The van der Waals surface area contributed by atoms with Crippen LogP contribution in [-0.4, -0.2) is 21.7 Å². The number of hydrogen-bond donors (Lipinski definition) is 3. The Morgan fingerprint density at radius 2 is 1.61 bits per heavy atom. The summed E-state index contributed by atoms with van der Waals surface area (Å²) in [6, 6.07) is 8.58. The number of hydrogen-bond acceptors (Lipinski definition) is 5. The van der Waals surface area contributed by atoms with Crippen LogP contribution in [0.2, 0.25) is 0 Å². The first kappa shape index (κ1) is 25.6. The minimum absolute atomic E-state index is 0.0676. The molecule has 2 aromatic rings. The van der Waals surface area contributed by atoms with Crippen molar-refractivity contribution in [3.63, 3.8) is 0 Å². The first-order valence-electron chi connectivity index (χ1n) is 10.3. The normalized spacial score (nSPS) is 11.9. The molecule has 6 heteroatoms. The van der Waals surface area contributed by atoms with Gasteiger partial charge in [-0.25, -0.2) is 4.99 Å². The number of rotatable bonds is 6. The third-order valence-electron chi connectivity index (χ3n) is 4.64. The van der Waals surface area contributed by atoms with E-state index in [2.05, 4.69) is 30.4 Å². The summed E-state index contributed by atoms with van der Waals surface area (Å²) in [5, 5.41) is 9.74. The van der Waals surface area contributed by atoms with Crippen LogP contribution in [0.25, 0.3) is 5.57 Å². The summed E-state index contributed by atoms with van der Waals surface area (Å²) < 4.78 is 0. The lowest BCUT2D eigenvalue weighted by molar-refractivity contribution is -0.114. The fraction of sp³-hybridized carbons (Fsp3) is 0.320. The lowest BCUT2D eigenvalue weighted by Crippen LogP contribution is -2.19. The van der Waals surface area contributed by atoms with Gasteiger partial charge in [0.25, 0.3) is 5.91 Å². The van der Waals surface area contributed by atoms with E-state index in [-0.39, 0.29) is 17.1 Å². The molecule has 0 saturated carbocycles. The van der Waals surface area contributed by atoms with Crippen LogP contribution in [0.15, 0.2) is 53.3 Å². The van der Waals surface area contributed by atoms with E-state index in [9.17, 15) is 9.90 Å². The van der Waals surface area contributed by atoms with E-state index in [0.29, 0.717) is 16.8 Å². The minimum atomic E-state index is -0.756. The van der Waals surface area contributed by atoms with Crippen molar-refractivity contribution in [1.29, 1.82) is 0 Å². The van der Waals surface area contributed by atoms with Crippen LogP contribution in [0.4, 0.5) is 0 Å². The number of benzene rings is 1. The summed E-state index contributed by atoms with van der Waals surface area (Å²) in [4.78, 5) is 20.7. The van der Waals surface area contributed by atoms with E-state index in [0.717, 1.165) is 22.5 Å². The molecule has 1 aromatic heterocycles. The van der Waals surface area contributed by atoms with Crippen LogP contribution in [0, 0.1) is 20.8 Å². The van der Waals surface area contributed by atoms with Gasteiger partial charge in [0, 0.05) is 22.7 Å². The van der Waals surface area contributed by atoms with Gasteiger partial charge in [0.2, 0.25) is 0 Å². The number of allylic oxidation sites excluding steroid dienone is 1. The second-order valence-electron chi connectivity index (χ2n) is 7.44. The smallest absolute Gasteiger partial charge is 0.269 e. The van der Waals surface area contributed by atoms with Crippen LogP contribution < -0.4 is 11.5 Å². The summed E-state index contributed by atoms with van der Waals surface area (Å²) in [6.45, 7) is 15.7. The molecule has 0 radical (unpaired) electrons. The van der Waals surface area contributed by atoms with Crippen LogP contribution in [0.1, 0.15) is 61.7 Å². The maximum Gasteiger partial charge on any atom is 0.269 e. The Kier molecular flexibility index (Phi) is 9.67. The van der Waals surface area contributed by atoms with Crippen LogP contribution in [0.5, 0.6) is 5.75 Å². The van der Waals surface area contributed by atoms with Crippen molar-refractivity contribution in [1.82, 2.24) is 4.98 Å². The lowest BCUT2D eigenvalue weighted by Gasteiger charge is -2.13. The fourth-order valence-corrected chi connectivity index (χ4v) is 2.75. The quantitative estimate of drug-likeness (QED) is 0.356. The second-order valence-corrected chi connectivity index (χ2v) is 7.44. The maximum absolute atomic E-state index is 12.0. The molecule has 0 aliphatic heterocycles. The van der Waals surface area contributed by atoms with Gasteiger partial charge in [0.1, 0.15) is 5.75 Å². The molecule has 2 rings (SSSR count). The van der Waals surface area contributed by atoms with Gasteiger partial charge in [0.05, 0.1) is 5.70 Å². The molecule has 6 nitrogen and oxygen atoms in total. The summed E-state index contributed by atoms with van der Waals surface area (Å²) in [5.41, 5.74) is 16.6. The zero-order valence-corrected chi connectivity index (χ0v) is 19.4. The standard InChI is InChI=1S/C21H24N4O2.C4H10/c1-11-6-7-17(26)10-18(11)14(4)19(22)20(21(23)27)25-15(5)16-8-12(2)24-13(3)9-16;1-3-4-2/h6-10,26H,4,22H2,1-3,5H3,(H2,23,27);3-4H2,1-2H3/b20-19+,25-15?;. The molecule has 0 unspecified atom stereocenters. The van der Waals surface area contributed by atoms with Crippen molar-refractivity contribution in [2.45, 2.75) is 54.4 Å². The average Bonchev–Trinajstić information content (AvgIpc) is 2.71. The number of aromatic hydroxyl groups is 1. The molecule has 1 amide bonds. The molecule has 0 aliphatic rings. The summed E-state index contributed by atoms with van der Waals surface area (Å²) in [5.74, 6) is -0.680. The van der Waals surface area contributed by atoms with Crippen LogP contribution >= 0.6 is 0 Å². The molecule has 0 atom stereocenters. The SMILES string of the molecule is C=C(/C(N)=C(\N=C(C)c1cc(C)nc(C)c1)C(N)=O)c1cc(O)ccc1C.CCCC. The van der Waals surface area contributed by atoms with Gasteiger partial charge in [0.15, 0.2) is 5.70 Å². The highest BCUT2D eigenvalue weighted by Crippen LogP contribution is 2.27. The number of aryl methyl sites for hydroxylation is 3. The monoisotopic (exact) mass is 422 g/mol. The zero-order chi connectivity index (χ0) is 23.7. The Hall–Kier alpha value is -3.41. The van der Waals surface area contributed by atoms with Gasteiger partial charge in [-0.05, 0) is 68.7 Å². The van der Waals surface area contributed by atoms with E-state index >= 15 is 0 Å². The number of nitrogens with two attached hydrogens (primary N) is 2. The molecule has 0 aliphatic carbocycles. The van der Waals surface area contributed by atoms with E-state index < -0.39 is 5.91 Å². The van der Waals surface area contributed by atoms with Gasteiger partial charge in [-0.3, -0.25) is 9.78 Å². The maximum atomic E-state index is 12.0. The second kappa shape index (κ2) is 11.7. The van der Waals surface area contributed by atoms with Crippen LogP contribution in [0.3, 0.4) is 0 Å². The fourth-order valence-electron chi connectivity index (χ4n) is 2.75. The molecule has 0 saturated heterocycles. The number of aromatic nitrogens is 1. The molecular weight excluding hydrogens is 388 g/mol. The van der Waals surface area contributed by atoms with E-state index in [1.54, 1.807) is 19.1 Å². The Labute approximate surface area is 185 Å². The highest BCUT2D eigenvalue weighted by Gasteiger charge is 2.16. The Balaban J connectivity index is 0.00000110. The number of carbonyl (C=O) groups is 1. The molecule has 166 valence electrons. The summed E-state index contributed by atoms with van der Waals surface area (Å²) in [6.07, 6.45) is 2.64. The topological polar surface area (TPSA) is 115 Å². The predicted octanol–water partition coefficient (Wildman–Crippen LogP) is 4.70. The lowest BCUT2D eigenvalue weighted by atomic mass is 9.98. The van der Waals surface area contributed by atoms with Gasteiger partial charge >= 0.3 is 0 Å².